The minimum Gasteiger partial charge on any atom is -0.387 e. The monoisotopic (exact) mass is 306 g/mol. The van der Waals surface area contributed by atoms with Crippen LogP contribution in [0.25, 0.3) is 10.9 Å². The van der Waals surface area contributed by atoms with Gasteiger partial charge in [0.05, 0.1) is 5.60 Å². The number of thioether (sulfide) groups is 1. The van der Waals surface area contributed by atoms with E-state index in [0.717, 1.165) is 11.1 Å². The number of hydrogen-bond acceptors (Lipinski definition) is 3. The van der Waals surface area contributed by atoms with Crippen molar-refractivity contribution in [2.75, 3.05) is 18.6 Å². The van der Waals surface area contributed by atoms with Gasteiger partial charge in [-0.05, 0) is 31.7 Å². The van der Waals surface area contributed by atoms with Gasteiger partial charge in [-0.25, -0.2) is 0 Å². The van der Waals surface area contributed by atoms with E-state index in [1.807, 2.05) is 42.1 Å². The molecule has 2 N–H and O–H groups in total. The number of amides is 1. The lowest BCUT2D eigenvalue weighted by Gasteiger charge is -2.22. The molecule has 2 aromatic rings. The predicted molar refractivity (Wildman–Crippen MR) is 88.7 cm³/mol. The molecule has 1 unspecified atom stereocenters. The minimum atomic E-state index is -0.871. The molecule has 1 aromatic heterocycles. The Kier molecular flexibility index (Phi) is 4.96. The summed E-state index contributed by atoms with van der Waals surface area (Å²) in [5.41, 5.74) is 1.35. The molecule has 21 heavy (non-hydrogen) atoms. The molecule has 0 spiro atoms. The van der Waals surface area contributed by atoms with Gasteiger partial charge in [0.25, 0.3) is 0 Å². The fourth-order valence-electron chi connectivity index (χ4n) is 2.42. The van der Waals surface area contributed by atoms with Crippen molar-refractivity contribution in [2.24, 2.45) is 0 Å². The van der Waals surface area contributed by atoms with Gasteiger partial charge in [0.15, 0.2) is 0 Å². The van der Waals surface area contributed by atoms with Crippen molar-refractivity contribution in [3.8, 4) is 0 Å². The highest BCUT2D eigenvalue weighted by atomic mass is 32.2. The van der Waals surface area contributed by atoms with E-state index in [4.69, 9.17) is 0 Å². The Hall–Kier alpha value is -1.46. The van der Waals surface area contributed by atoms with E-state index >= 15 is 0 Å². The van der Waals surface area contributed by atoms with Crippen molar-refractivity contribution in [2.45, 2.75) is 26.0 Å². The van der Waals surface area contributed by atoms with E-state index in [2.05, 4.69) is 11.4 Å². The first-order valence-electron chi connectivity index (χ1n) is 6.95. The maximum atomic E-state index is 12.1. The van der Waals surface area contributed by atoms with Crippen LogP contribution < -0.4 is 5.32 Å². The highest BCUT2D eigenvalue weighted by Crippen LogP contribution is 2.20. The highest BCUT2D eigenvalue weighted by molar-refractivity contribution is 7.98. The summed E-state index contributed by atoms with van der Waals surface area (Å²) in [4.78, 5) is 12.1. The van der Waals surface area contributed by atoms with E-state index in [9.17, 15) is 9.90 Å². The molecule has 0 bridgehead atoms. The molecule has 0 aliphatic heterocycles. The van der Waals surface area contributed by atoms with Crippen LogP contribution in [0.5, 0.6) is 0 Å². The number of aryl methyl sites for hydroxylation is 1. The van der Waals surface area contributed by atoms with Gasteiger partial charge >= 0.3 is 0 Å². The van der Waals surface area contributed by atoms with E-state index < -0.39 is 5.60 Å². The van der Waals surface area contributed by atoms with Crippen LogP contribution in [0.2, 0.25) is 0 Å². The summed E-state index contributed by atoms with van der Waals surface area (Å²) in [6, 6.07) is 8.04. The van der Waals surface area contributed by atoms with Crippen LogP contribution in [0.3, 0.4) is 0 Å². The van der Waals surface area contributed by atoms with Crippen molar-refractivity contribution in [3.63, 3.8) is 0 Å². The van der Waals surface area contributed by atoms with E-state index in [1.165, 1.54) is 5.39 Å². The molecule has 0 radical (unpaired) electrons. The number of carbonyl (C=O) groups is 1. The van der Waals surface area contributed by atoms with Gasteiger partial charge in [-0.3, -0.25) is 4.79 Å². The van der Waals surface area contributed by atoms with Gasteiger partial charge in [0.1, 0.15) is 6.54 Å². The molecule has 0 aliphatic rings. The summed E-state index contributed by atoms with van der Waals surface area (Å²) in [6.45, 7) is 4.31. The molecule has 5 heteroatoms. The fourth-order valence-corrected chi connectivity index (χ4v) is 3.15. The number of aliphatic hydroxyl groups is 1. The van der Waals surface area contributed by atoms with Crippen molar-refractivity contribution in [1.82, 2.24) is 9.88 Å². The molecule has 0 fully saturated rings. The minimum absolute atomic E-state index is 0.0860. The van der Waals surface area contributed by atoms with E-state index in [1.54, 1.807) is 18.7 Å². The average molecular weight is 306 g/mol. The Balaban J connectivity index is 2.02. The van der Waals surface area contributed by atoms with Crippen molar-refractivity contribution < 1.29 is 9.90 Å². The Morgan fingerprint density at radius 3 is 2.86 bits per heavy atom. The second-order valence-electron chi connectivity index (χ2n) is 5.66. The molecule has 0 saturated carbocycles. The molecule has 0 saturated heterocycles. The van der Waals surface area contributed by atoms with Gasteiger partial charge < -0.3 is 15.0 Å². The highest BCUT2D eigenvalue weighted by Gasteiger charge is 2.20. The van der Waals surface area contributed by atoms with Gasteiger partial charge in [-0.15, -0.1) is 0 Å². The smallest absolute Gasteiger partial charge is 0.240 e. The fraction of sp³-hybridized carbons (Fsp3) is 0.438. The number of hydrogen-bond donors (Lipinski definition) is 2. The molecule has 4 nitrogen and oxygen atoms in total. The number of fused-ring (bicyclic) bond motifs is 1. The van der Waals surface area contributed by atoms with Crippen molar-refractivity contribution in [1.29, 1.82) is 0 Å². The third kappa shape index (κ3) is 4.02. The van der Waals surface area contributed by atoms with Gasteiger partial charge in [0, 0.05) is 29.4 Å². The predicted octanol–water partition coefficient (Wildman–Crippen LogP) is 2.18. The standard InChI is InChI=1S/C16H22N2O2S/c1-12-8-18(14-7-5-4-6-13(12)14)9-15(19)17-10-16(2,20)11-21-3/h4-8,20H,9-11H2,1-3H3,(H,17,19). The maximum absolute atomic E-state index is 12.1. The lowest BCUT2D eigenvalue weighted by atomic mass is 10.1. The van der Waals surface area contributed by atoms with Gasteiger partial charge in [-0.1, -0.05) is 18.2 Å². The summed E-state index contributed by atoms with van der Waals surface area (Å²) in [7, 11) is 0. The normalized spacial score (nSPS) is 14.1. The molecule has 1 amide bonds. The third-order valence-corrected chi connectivity index (χ3v) is 4.33. The van der Waals surface area contributed by atoms with Crippen LogP contribution in [-0.4, -0.2) is 39.7 Å². The number of rotatable bonds is 6. The van der Waals surface area contributed by atoms with Crippen LogP contribution >= 0.6 is 11.8 Å². The van der Waals surface area contributed by atoms with Crippen LogP contribution in [0.1, 0.15) is 12.5 Å². The Bertz CT molecular complexity index is 634. The Morgan fingerprint density at radius 2 is 2.14 bits per heavy atom. The first-order valence-corrected chi connectivity index (χ1v) is 8.35. The molecular formula is C16H22N2O2S. The molecule has 114 valence electrons. The number of benzene rings is 1. The summed E-state index contributed by atoms with van der Waals surface area (Å²) < 4.78 is 1.95. The number of para-hydroxylation sites is 1. The first kappa shape index (κ1) is 15.9. The molecule has 1 atom stereocenters. The zero-order valence-corrected chi connectivity index (χ0v) is 13.5. The zero-order chi connectivity index (χ0) is 15.5. The quantitative estimate of drug-likeness (QED) is 0.860. The second kappa shape index (κ2) is 6.54. The summed E-state index contributed by atoms with van der Waals surface area (Å²) in [5.74, 6) is 0.510. The number of nitrogens with one attached hydrogen (secondary N) is 1. The number of nitrogens with zero attached hydrogens (tertiary/aromatic N) is 1. The molecular weight excluding hydrogens is 284 g/mol. The summed E-state index contributed by atoms with van der Waals surface area (Å²) in [6.07, 6.45) is 3.93. The zero-order valence-electron chi connectivity index (χ0n) is 12.7. The topological polar surface area (TPSA) is 54.3 Å². The lowest BCUT2D eigenvalue weighted by molar-refractivity contribution is -0.122. The van der Waals surface area contributed by atoms with Gasteiger partial charge in [-0.2, -0.15) is 11.8 Å². The van der Waals surface area contributed by atoms with E-state index in [0.29, 0.717) is 5.75 Å². The third-order valence-electron chi connectivity index (χ3n) is 3.42. The van der Waals surface area contributed by atoms with E-state index in [-0.39, 0.29) is 19.0 Å². The van der Waals surface area contributed by atoms with Crippen molar-refractivity contribution in [3.05, 3.63) is 36.0 Å². The van der Waals surface area contributed by atoms with Crippen LogP contribution in [-0.2, 0) is 11.3 Å². The SMILES string of the molecule is CSCC(C)(O)CNC(=O)Cn1cc(C)c2ccccc21. The van der Waals surface area contributed by atoms with Crippen LogP contribution in [0.4, 0.5) is 0 Å². The second-order valence-corrected chi connectivity index (χ2v) is 6.53. The maximum Gasteiger partial charge on any atom is 0.240 e. The Morgan fingerprint density at radius 1 is 1.43 bits per heavy atom. The molecule has 0 aliphatic carbocycles. The summed E-state index contributed by atoms with van der Waals surface area (Å²) >= 11 is 1.56. The average Bonchev–Trinajstić information content (AvgIpc) is 2.74. The lowest BCUT2D eigenvalue weighted by Crippen LogP contribution is -2.43. The number of aromatic nitrogens is 1. The van der Waals surface area contributed by atoms with Gasteiger partial charge in [0.2, 0.25) is 5.91 Å². The largest absolute Gasteiger partial charge is 0.387 e. The summed E-state index contributed by atoms with van der Waals surface area (Å²) in [5, 5.41) is 14.0. The van der Waals surface area contributed by atoms with Crippen LogP contribution in [0.15, 0.2) is 30.5 Å². The number of carbonyl (C=O) groups excluding carboxylic acids is 1. The molecule has 1 heterocycles. The van der Waals surface area contributed by atoms with Crippen molar-refractivity contribution >= 4 is 28.6 Å². The Labute approximate surface area is 129 Å². The molecule has 2 rings (SSSR count). The molecule has 1 aromatic carbocycles. The first-order chi connectivity index (χ1) is 9.93. The van der Waals surface area contributed by atoms with Crippen LogP contribution in [0, 0.1) is 6.92 Å².